The summed E-state index contributed by atoms with van der Waals surface area (Å²) in [5.74, 6) is 3.23. The molecule has 1 aliphatic carbocycles. The molecule has 3 atom stereocenters. The molecule has 2 bridgehead atoms. The van der Waals surface area contributed by atoms with Gasteiger partial charge in [-0.05, 0) is 57.4 Å². The van der Waals surface area contributed by atoms with E-state index in [1.165, 1.54) is 19.3 Å². The first kappa shape index (κ1) is 12.8. The summed E-state index contributed by atoms with van der Waals surface area (Å²) < 4.78 is 11.4. The lowest BCUT2D eigenvalue weighted by molar-refractivity contribution is 0.0996. The number of nitrogens with two attached hydrogens (primary N) is 1. The van der Waals surface area contributed by atoms with Crippen LogP contribution in [0.5, 0.6) is 0 Å². The molecule has 5 nitrogen and oxygen atoms in total. The number of aromatic nitrogens is 2. The van der Waals surface area contributed by atoms with Crippen molar-refractivity contribution >= 4 is 0 Å². The minimum atomic E-state index is 0.332. The van der Waals surface area contributed by atoms with Crippen LogP contribution in [0, 0.1) is 5.92 Å². The second-order valence-electron chi connectivity index (χ2n) is 6.66. The topological polar surface area (TPSA) is 74.2 Å². The third-order valence-electron chi connectivity index (χ3n) is 5.42. The van der Waals surface area contributed by atoms with Crippen LogP contribution in [0.4, 0.5) is 0 Å². The van der Waals surface area contributed by atoms with Crippen molar-refractivity contribution in [3.05, 3.63) is 11.7 Å². The summed E-state index contributed by atoms with van der Waals surface area (Å²) in [6.45, 7) is 0.810. The fourth-order valence-electron chi connectivity index (χ4n) is 4.12. The summed E-state index contributed by atoms with van der Waals surface area (Å²) in [4.78, 5) is 4.70. The van der Waals surface area contributed by atoms with E-state index >= 15 is 0 Å². The van der Waals surface area contributed by atoms with Crippen molar-refractivity contribution in [1.29, 1.82) is 0 Å². The number of hydrogen-bond acceptors (Lipinski definition) is 5. The number of nitrogens with zero attached hydrogens (tertiary/aromatic N) is 2. The summed E-state index contributed by atoms with van der Waals surface area (Å²) in [6.07, 6.45) is 8.85. The number of hydrogen-bond donors (Lipinski definition) is 1. The van der Waals surface area contributed by atoms with Crippen LogP contribution >= 0.6 is 0 Å². The molecule has 5 heteroatoms. The van der Waals surface area contributed by atoms with E-state index in [0.29, 0.717) is 30.0 Å². The molecule has 3 aliphatic rings. The highest BCUT2D eigenvalue weighted by Crippen LogP contribution is 2.44. The molecule has 0 amide bonds. The first-order valence-electron chi connectivity index (χ1n) is 8.02. The molecule has 2 saturated heterocycles. The van der Waals surface area contributed by atoms with Gasteiger partial charge in [0.2, 0.25) is 5.89 Å². The molecule has 20 heavy (non-hydrogen) atoms. The molecule has 4 rings (SSSR count). The zero-order valence-corrected chi connectivity index (χ0v) is 11.8. The van der Waals surface area contributed by atoms with Crippen molar-refractivity contribution in [2.24, 2.45) is 11.7 Å². The smallest absolute Gasteiger partial charge is 0.229 e. The lowest BCUT2D eigenvalue weighted by atomic mass is 9.82. The van der Waals surface area contributed by atoms with Gasteiger partial charge in [-0.3, -0.25) is 0 Å². The van der Waals surface area contributed by atoms with Crippen molar-refractivity contribution in [3.8, 4) is 0 Å². The number of ether oxygens (including phenoxy) is 1. The molecule has 1 saturated carbocycles. The fraction of sp³-hybridized carbons (Fsp3) is 0.867. The first-order valence-corrected chi connectivity index (χ1v) is 8.02. The van der Waals surface area contributed by atoms with Crippen molar-refractivity contribution in [1.82, 2.24) is 10.1 Å². The molecule has 1 aromatic rings. The maximum Gasteiger partial charge on any atom is 0.229 e. The Hall–Kier alpha value is -0.940. The lowest BCUT2D eigenvalue weighted by Crippen LogP contribution is -2.21. The van der Waals surface area contributed by atoms with Gasteiger partial charge in [0.1, 0.15) is 0 Å². The fourth-order valence-corrected chi connectivity index (χ4v) is 4.12. The van der Waals surface area contributed by atoms with Gasteiger partial charge < -0.3 is 15.0 Å². The van der Waals surface area contributed by atoms with Crippen LogP contribution in [0.25, 0.3) is 0 Å². The van der Waals surface area contributed by atoms with Crippen molar-refractivity contribution in [2.45, 2.75) is 69.0 Å². The van der Waals surface area contributed by atoms with Crippen LogP contribution in [0.3, 0.4) is 0 Å². The third kappa shape index (κ3) is 2.17. The van der Waals surface area contributed by atoms with E-state index < -0.39 is 0 Å². The predicted molar refractivity (Wildman–Crippen MR) is 73.3 cm³/mol. The Morgan fingerprint density at radius 3 is 2.60 bits per heavy atom. The maximum absolute atomic E-state index is 5.89. The van der Waals surface area contributed by atoms with E-state index in [0.717, 1.165) is 43.9 Å². The van der Waals surface area contributed by atoms with Gasteiger partial charge in [-0.2, -0.15) is 4.98 Å². The largest absolute Gasteiger partial charge is 0.374 e. The van der Waals surface area contributed by atoms with Crippen LogP contribution in [0.1, 0.15) is 68.5 Å². The predicted octanol–water partition coefficient (Wildman–Crippen LogP) is 2.34. The van der Waals surface area contributed by atoms with E-state index in [9.17, 15) is 0 Å². The van der Waals surface area contributed by atoms with Crippen molar-refractivity contribution in [3.63, 3.8) is 0 Å². The highest BCUT2D eigenvalue weighted by atomic mass is 16.5. The van der Waals surface area contributed by atoms with Crippen LogP contribution in [-0.4, -0.2) is 28.9 Å². The molecular weight excluding hydrogens is 254 g/mol. The Bertz CT molecular complexity index is 467. The molecule has 2 N–H and O–H groups in total. The summed E-state index contributed by atoms with van der Waals surface area (Å²) >= 11 is 0. The Morgan fingerprint density at radius 2 is 1.95 bits per heavy atom. The van der Waals surface area contributed by atoms with Crippen molar-refractivity contribution in [2.75, 3.05) is 6.54 Å². The molecule has 2 aliphatic heterocycles. The minimum absolute atomic E-state index is 0.332. The van der Waals surface area contributed by atoms with Crippen LogP contribution in [0.15, 0.2) is 4.52 Å². The minimum Gasteiger partial charge on any atom is -0.374 e. The summed E-state index contributed by atoms with van der Waals surface area (Å²) in [6, 6.07) is 0. The van der Waals surface area contributed by atoms with Crippen molar-refractivity contribution < 1.29 is 9.26 Å². The SMILES string of the molecule is NCC1CCC(c2nc(C3CC4CCC3O4)no2)CC1. The molecular formula is C15H23N3O2. The number of rotatable bonds is 3. The molecule has 110 valence electrons. The van der Waals surface area contributed by atoms with E-state index in [1.54, 1.807) is 0 Å². The zero-order valence-electron chi connectivity index (χ0n) is 11.8. The third-order valence-corrected chi connectivity index (χ3v) is 5.42. The molecule has 0 aromatic carbocycles. The second kappa shape index (κ2) is 5.11. The molecule has 3 fully saturated rings. The highest BCUT2D eigenvalue weighted by molar-refractivity contribution is 5.08. The van der Waals surface area contributed by atoms with Crippen LogP contribution in [-0.2, 0) is 4.74 Å². The van der Waals surface area contributed by atoms with Gasteiger partial charge in [-0.25, -0.2) is 0 Å². The quantitative estimate of drug-likeness (QED) is 0.918. The molecule has 1 aromatic heterocycles. The molecule has 3 unspecified atom stereocenters. The Morgan fingerprint density at radius 1 is 1.10 bits per heavy atom. The Kier molecular flexibility index (Phi) is 3.27. The van der Waals surface area contributed by atoms with E-state index in [2.05, 4.69) is 5.16 Å². The zero-order chi connectivity index (χ0) is 13.5. The molecule has 0 spiro atoms. The summed E-state index contributed by atoms with van der Waals surface area (Å²) in [7, 11) is 0. The molecule has 0 radical (unpaired) electrons. The summed E-state index contributed by atoms with van der Waals surface area (Å²) in [5, 5.41) is 4.24. The van der Waals surface area contributed by atoms with E-state index in [-0.39, 0.29) is 0 Å². The first-order chi connectivity index (χ1) is 9.83. The van der Waals surface area contributed by atoms with Crippen LogP contribution in [0.2, 0.25) is 0 Å². The molecule has 3 heterocycles. The average Bonchev–Trinajstić information content (AvgIpc) is 3.23. The van der Waals surface area contributed by atoms with Gasteiger partial charge in [0, 0.05) is 5.92 Å². The monoisotopic (exact) mass is 277 g/mol. The maximum atomic E-state index is 5.89. The van der Waals surface area contributed by atoms with E-state index in [1.807, 2.05) is 0 Å². The standard InChI is InChI=1S/C15H23N3O2/c16-8-9-1-3-10(4-2-9)15-17-14(18-20-15)12-7-11-5-6-13(12)19-11/h9-13H,1-8,16H2. The average molecular weight is 277 g/mol. The van der Waals surface area contributed by atoms with Gasteiger partial charge in [-0.15, -0.1) is 0 Å². The lowest BCUT2D eigenvalue weighted by Gasteiger charge is -2.25. The Balaban J connectivity index is 1.43. The van der Waals surface area contributed by atoms with Gasteiger partial charge in [0.05, 0.1) is 18.1 Å². The summed E-state index contributed by atoms with van der Waals surface area (Å²) in [5.41, 5.74) is 5.74. The highest BCUT2D eigenvalue weighted by Gasteiger charge is 2.44. The second-order valence-corrected chi connectivity index (χ2v) is 6.66. The van der Waals surface area contributed by atoms with Gasteiger partial charge in [0.25, 0.3) is 0 Å². The van der Waals surface area contributed by atoms with E-state index in [4.69, 9.17) is 20.0 Å². The normalized spacial score (nSPS) is 40.4. The van der Waals surface area contributed by atoms with Gasteiger partial charge >= 0.3 is 0 Å². The van der Waals surface area contributed by atoms with Gasteiger partial charge in [-0.1, -0.05) is 5.16 Å². The van der Waals surface area contributed by atoms with Crippen LogP contribution < -0.4 is 5.73 Å². The number of fused-ring (bicyclic) bond motifs is 2. The Labute approximate surface area is 119 Å². The van der Waals surface area contributed by atoms with Gasteiger partial charge in [0.15, 0.2) is 5.82 Å².